The van der Waals surface area contributed by atoms with Crippen LogP contribution in [0.25, 0.3) is 0 Å². The third-order valence-electron chi connectivity index (χ3n) is 3.63. The molecule has 2 aromatic carbocycles. The monoisotopic (exact) mass is 309 g/mol. The molecule has 2 N–H and O–H groups in total. The van der Waals surface area contributed by atoms with E-state index in [-0.39, 0.29) is 11.4 Å². The van der Waals surface area contributed by atoms with Crippen LogP contribution in [-0.4, -0.2) is 0 Å². The summed E-state index contributed by atoms with van der Waals surface area (Å²) in [4.78, 5) is 0. The fourth-order valence-electron chi connectivity index (χ4n) is 2.08. The molecule has 0 aliphatic heterocycles. The molecule has 0 fully saturated rings. The van der Waals surface area contributed by atoms with E-state index < -0.39 is 11.7 Å². The summed E-state index contributed by atoms with van der Waals surface area (Å²) in [5, 5.41) is 0. The van der Waals surface area contributed by atoms with Gasteiger partial charge in [-0.25, -0.2) is 0 Å². The lowest BCUT2D eigenvalue weighted by molar-refractivity contribution is -0.137. The Hall–Kier alpha value is -2.17. The molecule has 0 unspecified atom stereocenters. The molecule has 2 nitrogen and oxygen atoms in total. The zero-order valence-corrected chi connectivity index (χ0v) is 12.4. The van der Waals surface area contributed by atoms with E-state index in [0.717, 1.165) is 12.5 Å². The molecule has 0 aliphatic carbocycles. The van der Waals surface area contributed by atoms with Crippen molar-refractivity contribution in [1.29, 1.82) is 0 Å². The molecule has 0 aliphatic rings. The fraction of sp³-hybridized carbons (Fsp3) is 0.294. The molecule has 1 atom stereocenters. The Bertz CT molecular complexity index is 635. The number of nitrogen functional groups attached to an aromatic ring is 1. The van der Waals surface area contributed by atoms with Gasteiger partial charge in [-0.15, -0.1) is 0 Å². The van der Waals surface area contributed by atoms with E-state index in [4.69, 9.17) is 10.5 Å². The second-order valence-corrected chi connectivity index (χ2v) is 5.23. The van der Waals surface area contributed by atoms with E-state index in [0.29, 0.717) is 11.7 Å². The average Bonchev–Trinajstić information content (AvgIpc) is 2.48. The average molecular weight is 309 g/mol. The number of benzene rings is 2. The molecule has 22 heavy (non-hydrogen) atoms. The van der Waals surface area contributed by atoms with Crippen molar-refractivity contribution in [1.82, 2.24) is 0 Å². The molecule has 118 valence electrons. The van der Waals surface area contributed by atoms with Crippen molar-refractivity contribution >= 4 is 5.69 Å². The third-order valence-corrected chi connectivity index (χ3v) is 3.63. The number of alkyl halides is 3. The van der Waals surface area contributed by atoms with Gasteiger partial charge < -0.3 is 10.5 Å². The summed E-state index contributed by atoms with van der Waals surface area (Å²) in [6, 6.07) is 10.9. The van der Waals surface area contributed by atoms with Gasteiger partial charge in [-0.05, 0) is 48.2 Å². The van der Waals surface area contributed by atoms with Crippen LogP contribution in [-0.2, 0) is 6.18 Å². The number of hydrogen-bond donors (Lipinski definition) is 1. The van der Waals surface area contributed by atoms with Crippen molar-refractivity contribution in [3.63, 3.8) is 0 Å². The smallest absolute Gasteiger partial charge is 0.418 e. The van der Waals surface area contributed by atoms with Crippen LogP contribution in [0.5, 0.6) is 11.5 Å². The van der Waals surface area contributed by atoms with E-state index in [1.807, 2.05) is 12.1 Å². The molecule has 2 rings (SSSR count). The first-order valence-corrected chi connectivity index (χ1v) is 7.05. The van der Waals surface area contributed by atoms with Gasteiger partial charge >= 0.3 is 6.18 Å². The molecule has 0 saturated carbocycles. The molecule has 5 heteroatoms. The Morgan fingerprint density at radius 3 is 2.18 bits per heavy atom. The highest BCUT2D eigenvalue weighted by atomic mass is 19.4. The molecule has 0 bridgehead atoms. The van der Waals surface area contributed by atoms with Crippen molar-refractivity contribution in [2.45, 2.75) is 32.4 Å². The van der Waals surface area contributed by atoms with Crippen molar-refractivity contribution in [3.05, 3.63) is 53.6 Å². The normalized spacial score (nSPS) is 13.0. The van der Waals surface area contributed by atoms with Gasteiger partial charge in [0.1, 0.15) is 11.5 Å². The Kier molecular flexibility index (Phi) is 4.64. The van der Waals surface area contributed by atoms with E-state index in [2.05, 4.69) is 13.8 Å². The van der Waals surface area contributed by atoms with Crippen LogP contribution < -0.4 is 10.5 Å². The van der Waals surface area contributed by atoms with Crippen molar-refractivity contribution < 1.29 is 17.9 Å². The number of hydrogen-bond acceptors (Lipinski definition) is 2. The van der Waals surface area contributed by atoms with Gasteiger partial charge in [0, 0.05) is 5.69 Å². The van der Waals surface area contributed by atoms with E-state index >= 15 is 0 Å². The van der Waals surface area contributed by atoms with E-state index in [1.54, 1.807) is 12.1 Å². The number of halogens is 3. The highest BCUT2D eigenvalue weighted by Crippen LogP contribution is 2.36. The van der Waals surface area contributed by atoms with Crippen LogP contribution in [0.4, 0.5) is 18.9 Å². The number of anilines is 1. The molecule has 0 heterocycles. The van der Waals surface area contributed by atoms with Crippen LogP contribution in [0, 0.1) is 0 Å². The van der Waals surface area contributed by atoms with Crippen molar-refractivity contribution in [2.75, 3.05) is 5.73 Å². The predicted molar refractivity (Wildman–Crippen MR) is 81.1 cm³/mol. The first-order valence-electron chi connectivity index (χ1n) is 7.05. The van der Waals surface area contributed by atoms with Crippen LogP contribution in [0.15, 0.2) is 42.5 Å². The lowest BCUT2D eigenvalue weighted by Gasteiger charge is -2.13. The fourth-order valence-corrected chi connectivity index (χ4v) is 2.08. The zero-order chi connectivity index (χ0) is 16.3. The molecule has 0 radical (unpaired) electrons. The summed E-state index contributed by atoms with van der Waals surface area (Å²) in [7, 11) is 0. The minimum Gasteiger partial charge on any atom is -0.457 e. The standard InChI is InChI=1S/C17H18F3NO/c1-3-11(2)12-4-6-13(7-5-12)22-14-8-9-16(21)15(10-14)17(18,19)20/h4-11H,3,21H2,1-2H3/t11-/m0/s1. The van der Waals surface area contributed by atoms with Gasteiger partial charge in [0.25, 0.3) is 0 Å². The molecule has 0 amide bonds. The molecule has 0 aromatic heterocycles. The minimum absolute atomic E-state index is 0.109. The van der Waals surface area contributed by atoms with Gasteiger partial charge in [-0.2, -0.15) is 13.2 Å². The molecule has 0 spiro atoms. The van der Waals surface area contributed by atoms with Crippen LogP contribution in [0.2, 0.25) is 0 Å². The van der Waals surface area contributed by atoms with Crippen LogP contribution in [0.1, 0.15) is 37.3 Å². The van der Waals surface area contributed by atoms with Crippen LogP contribution >= 0.6 is 0 Å². The maximum absolute atomic E-state index is 12.8. The molecular formula is C17H18F3NO. The summed E-state index contributed by atoms with van der Waals surface area (Å²) in [5.41, 5.74) is 5.33. The maximum atomic E-state index is 12.8. The van der Waals surface area contributed by atoms with Gasteiger partial charge in [-0.1, -0.05) is 26.0 Å². The molecule has 2 aromatic rings. The Morgan fingerprint density at radius 1 is 1.05 bits per heavy atom. The SMILES string of the molecule is CC[C@H](C)c1ccc(Oc2ccc(N)c(C(F)(F)F)c2)cc1. The lowest BCUT2D eigenvalue weighted by atomic mass is 9.99. The topological polar surface area (TPSA) is 35.2 Å². The highest BCUT2D eigenvalue weighted by molar-refractivity contribution is 5.52. The first-order chi connectivity index (χ1) is 10.3. The van der Waals surface area contributed by atoms with Crippen molar-refractivity contribution in [2.24, 2.45) is 0 Å². The highest BCUT2D eigenvalue weighted by Gasteiger charge is 2.33. The van der Waals surface area contributed by atoms with Gasteiger partial charge in [-0.3, -0.25) is 0 Å². The Balaban J connectivity index is 2.21. The van der Waals surface area contributed by atoms with E-state index in [1.165, 1.54) is 17.7 Å². The van der Waals surface area contributed by atoms with Crippen LogP contribution in [0.3, 0.4) is 0 Å². The van der Waals surface area contributed by atoms with Crippen molar-refractivity contribution in [3.8, 4) is 11.5 Å². The second kappa shape index (κ2) is 6.30. The summed E-state index contributed by atoms with van der Waals surface area (Å²) in [6.07, 6.45) is -3.48. The Morgan fingerprint density at radius 2 is 1.64 bits per heavy atom. The summed E-state index contributed by atoms with van der Waals surface area (Å²) in [5.74, 6) is 1.03. The summed E-state index contributed by atoms with van der Waals surface area (Å²) >= 11 is 0. The predicted octanol–water partition coefficient (Wildman–Crippen LogP) is 5.59. The molecule has 0 saturated heterocycles. The second-order valence-electron chi connectivity index (χ2n) is 5.23. The number of ether oxygens (including phenoxy) is 1. The number of nitrogens with two attached hydrogens (primary N) is 1. The minimum atomic E-state index is -4.50. The largest absolute Gasteiger partial charge is 0.457 e. The zero-order valence-electron chi connectivity index (χ0n) is 12.4. The lowest BCUT2D eigenvalue weighted by Crippen LogP contribution is -2.08. The maximum Gasteiger partial charge on any atom is 0.418 e. The first kappa shape index (κ1) is 16.2. The van der Waals surface area contributed by atoms with Gasteiger partial charge in [0.15, 0.2) is 0 Å². The summed E-state index contributed by atoms with van der Waals surface area (Å²) in [6.45, 7) is 4.22. The quantitative estimate of drug-likeness (QED) is 0.747. The Labute approximate surface area is 127 Å². The van der Waals surface area contributed by atoms with Gasteiger partial charge in [0.2, 0.25) is 0 Å². The van der Waals surface area contributed by atoms with Gasteiger partial charge in [0.05, 0.1) is 5.56 Å². The molecular weight excluding hydrogens is 291 g/mol. The number of rotatable bonds is 4. The summed E-state index contributed by atoms with van der Waals surface area (Å²) < 4.78 is 43.9. The third kappa shape index (κ3) is 3.72. The van der Waals surface area contributed by atoms with E-state index in [9.17, 15) is 13.2 Å².